The van der Waals surface area contributed by atoms with Gasteiger partial charge in [0, 0.05) is 61.7 Å². The molecule has 1 saturated heterocycles. The van der Waals surface area contributed by atoms with Gasteiger partial charge in [-0.25, -0.2) is 8.78 Å². The number of rotatable bonds is 7. The van der Waals surface area contributed by atoms with Crippen LogP contribution >= 0.6 is 12.4 Å². The molecule has 2 aliphatic rings. The highest BCUT2D eigenvalue weighted by Crippen LogP contribution is 2.25. The number of fused-ring (bicyclic) bond motifs is 1. The van der Waals surface area contributed by atoms with Crippen molar-refractivity contribution in [2.24, 2.45) is 4.99 Å². The number of piperazine rings is 1. The van der Waals surface area contributed by atoms with E-state index >= 15 is 0 Å². The van der Waals surface area contributed by atoms with Crippen molar-refractivity contribution in [3.63, 3.8) is 0 Å². The molecular formula is C33H32ClF2N5O2. The van der Waals surface area contributed by atoms with Gasteiger partial charge < -0.3 is 20.1 Å². The lowest BCUT2D eigenvalue weighted by atomic mass is 9.98. The number of benzene rings is 3. The molecule has 3 aromatic carbocycles. The van der Waals surface area contributed by atoms with Crippen LogP contribution in [-0.2, 0) is 19.4 Å². The number of hydrogen-bond donors (Lipinski definition) is 2. The SMILES string of the molecule is CN1CCN(c2ccc(C(=O)NC3=NCc4ccc(Cc5cc(F)cc(F)c5)cc43)c(CC(=O)c3ccc[nH]3)c2)CC1.Cl. The van der Waals surface area contributed by atoms with Crippen molar-refractivity contribution in [2.75, 3.05) is 38.1 Å². The number of halogens is 3. The molecule has 2 N–H and O–H groups in total. The molecule has 2 aliphatic heterocycles. The second-order valence-corrected chi connectivity index (χ2v) is 10.9. The van der Waals surface area contributed by atoms with E-state index in [4.69, 9.17) is 0 Å². The standard InChI is InChI=1S/C33H31F2N5O2.ClH/c1-39-9-11-40(12-10-39)27-6-7-28(24(17-27)18-31(41)30-3-2-8-36-30)33(42)38-32-29-16-21(4-5-23(29)20-37-32)13-22-14-25(34)19-26(35)15-22;/h2-8,14-17,19,36H,9-13,18,20H2,1H3,(H,37,38,42);1H. The fraction of sp³-hybridized carbons (Fsp3) is 0.242. The van der Waals surface area contributed by atoms with Crippen molar-refractivity contribution in [2.45, 2.75) is 19.4 Å². The van der Waals surface area contributed by atoms with E-state index in [1.165, 1.54) is 12.1 Å². The van der Waals surface area contributed by atoms with Gasteiger partial charge in [0.1, 0.15) is 17.5 Å². The van der Waals surface area contributed by atoms with Crippen LogP contribution in [0.4, 0.5) is 14.5 Å². The number of aromatic amines is 1. The van der Waals surface area contributed by atoms with Crippen LogP contribution in [-0.4, -0.2) is 60.6 Å². The summed E-state index contributed by atoms with van der Waals surface area (Å²) in [6, 6.07) is 18.4. The Bertz CT molecular complexity index is 1660. The first-order chi connectivity index (χ1) is 20.3. The third-order valence-electron chi connectivity index (χ3n) is 7.85. The van der Waals surface area contributed by atoms with E-state index in [2.05, 4.69) is 32.1 Å². The molecule has 0 unspecified atom stereocenters. The number of anilines is 1. The lowest BCUT2D eigenvalue weighted by molar-refractivity contribution is 0.0975. The largest absolute Gasteiger partial charge is 0.369 e. The van der Waals surface area contributed by atoms with Crippen molar-refractivity contribution < 1.29 is 18.4 Å². The molecule has 0 radical (unpaired) electrons. The van der Waals surface area contributed by atoms with Crippen LogP contribution < -0.4 is 10.2 Å². The predicted molar refractivity (Wildman–Crippen MR) is 166 cm³/mol. The normalized spacial score (nSPS) is 14.6. The number of H-pyrrole nitrogens is 1. The molecular weight excluding hydrogens is 572 g/mol. The first-order valence-corrected chi connectivity index (χ1v) is 14.0. The average molecular weight is 604 g/mol. The number of nitrogens with one attached hydrogen (secondary N) is 2. The number of likely N-dealkylation sites (N-methyl/N-ethyl adjacent to an activating group) is 1. The van der Waals surface area contributed by atoms with Gasteiger partial charge in [0.15, 0.2) is 5.78 Å². The van der Waals surface area contributed by atoms with E-state index in [-0.39, 0.29) is 30.5 Å². The van der Waals surface area contributed by atoms with Crippen molar-refractivity contribution in [3.05, 3.63) is 124 Å². The number of nitrogens with zero attached hydrogens (tertiary/aromatic N) is 3. The van der Waals surface area contributed by atoms with E-state index in [0.717, 1.165) is 54.6 Å². The van der Waals surface area contributed by atoms with E-state index in [9.17, 15) is 18.4 Å². The molecule has 1 amide bonds. The van der Waals surface area contributed by atoms with Gasteiger partial charge in [-0.2, -0.15) is 0 Å². The Morgan fingerprint density at radius 1 is 0.930 bits per heavy atom. The molecule has 10 heteroatoms. The van der Waals surface area contributed by atoms with Gasteiger partial charge in [-0.15, -0.1) is 12.4 Å². The topological polar surface area (TPSA) is 80.8 Å². The van der Waals surface area contributed by atoms with E-state index in [0.29, 0.717) is 41.2 Å². The summed E-state index contributed by atoms with van der Waals surface area (Å²) >= 11 is 0. The summed E-state index contributed by atoms with van der Waals surface area (Å²) < 4.78 is 27.4. The lowest BCUT2D eigenvalue weighted by Gasteiger charge is -2.34. The Morgan fingerprint density at radius 3 is 2.42 bits per heavy atom. The first kappa shape index (κ1) is 30.1. The van der Waals surface area contributed by atoms with E-state index in [1.807, 2.05) is 30.3 Å². The number of aliphatic imine (C=N–C) groups is 1. The van der Waals surface area contributed by atoms with Gasteiger partial charge in [0.25, 0.3) is 5.91 Å². The van der Waals surface area contributed by atoms with Crippen molar-refractivity contribution in [1.82, 2.24) is 15.2 Å². The Balaban J connectivity index is 0.00000368. The molecule has 3 heterocycles. The number of carbonyl (C=O) groups is 2. The molecule has 6 rings (SSSR count). The van der Waals surface area contributed by atoms with Crippen LogP contribution in [0.25, 0.3) is 0 Å². The third kappa shape index (κ3) is 6.84. The molecule has 1 aromatic heterocycles. The number of amidine groups is 1. The monoisotopic (exact) mass is 603 g/mol. The van der Waals surface area contributed by atoms with Crippen molar-refractivity contribution in [1.29, 1.82) is 0 Å². The van der Waals surface area contributed by atoms with Gasteiger partial charge in [-0.05, 0) is 84.3 Å². The molecule has 222 valence electrons. The number of hydrogen-bond acceptors (Lipinski definition) is 5. The second kappa shape index (κ2) is 12.9. The number of carbonyl (C=O) groups excluding carboxylic acids is 2. The van der Waals surface area contributed by atoms with E-state index in [1.54, 1.807) is 24.4 Å². The summed E-state index contributed by atoms with van der Waals surface area (Å²) in [7, 11) is 2.10. The van der Waals surface area contributed by atoms with Gasteiger partial charge in [-0.1, -0.05) is 12.1 Å². The van der Waals surface area contributed by atoms with Gasteiger partial charge in [0.05, 0.1) is 12.2 Å². The summed E-state index contributed by atoms with van der Waals surface area (Å²) in [6.07, 6.45) is 2.11. The number of amides is 1. The quantitative estimate of drug-likeness (QED) is 0.286. The van der Waals surface area contributed by atoms with Gasteiger partial charge in [0.2, 0.25) is 0 Å². The minimum absolute atomic E-state index is 0. The Kier molecular flexibility index (Phi) is 9.03. The molecule has 0 spiro atoms. The van der Waals surface area contributed by atoms with Crippen molar-refractivity contribution in [3.8, 4) is 0 Å². The van der Waals surface area contributed by atoms with Crippen LogP contribution in [0.15, 0.2) is 77.9 Å². The Labute approximate surface area is 255 Å². The second-order valence-electron chi connectivity index (χ2n) is 10.9. The van der Waals surface area contributed by atoms with Crippen LogP contribution in [0.2, 0.25) is 0 Å². The number of ketones is 1. The highest BCUT2D eigenvalue weighted by atomic mass is 35.5. The maximum atomic E-state index is 13.7. The zero-order chi connectivity index (χ0) is 29.2. The molecule has 0 aliphatic carbocycles. The zero-order valence-corrected chi connectivity index (χ0v) is 24.5. The maximum absolute atomic E-state index is 13.7. The summed E-state index contributed by atoms with van der Waals surface area (Å²) in [4.78, 5) is 38.8. The highest BCUT2D eigenvalue weighted by Gasteiger charge is 2.23. The third-order valence-corrected chi connectivity index (χ3v) is 7.85. The minimum Gasteiger partial charge on any atom is -0.369 e. The fourth-order valence-electron chi connectivity index (χ4n) is 5.55. The number of Topliss-reactive ketones (excluding diaryl/α,β-unsaturated/α-hetero) is 1. The lowest BCUT2D eigenvalue weighted by Crippen LogP contribution is -2.44. The molecule has 1 fully saturated rings. The zero-order valence-electron chi connectivity index (χ0n) is 23.7. The fourth-order valence-corrected chi connectivity index (χ4v) is 5.55. The van der Waals surface area contributed by atoms with Crippen LogP contribution in [0.5, 0.6) is 0 Å². The summed E-state index contributed by atoms with van der Waals surface area (Å²) in [6.45, 7) is 4.03. The minimum atomic E-state index is -0.620. The van der Waals surface area contributed by atoms with Crippen LogP contribution in [0.1, 0.15) is 48.7 Å². The number of aromatic nitrogens is 1. The summed E-state index contributed by atoms with van der Waals surface area (Å²) in [5, 5.41) is 2.97. The van der Waals surface area contributed by atoms with E-state index < -0.39 is 11.6 Å². The summed E-state index contributed by atoms with van der Waals surface area (Å²) in [5.74, 6) is -1.26. The molecule has 43 heavy (non-hydrogen) atoms. The maximum Gasteiger partial charge on any atom is 0.257 e. The Hall–Kier alpha value is -4.34. The highest BCUT2D eigenvalue weighted by molar-refractivity contribution is 6.15. The molecule has 7 nitrogen and oxygen atoms in total. The molecule has 0 atom stereocenters. The molecule has 4 aromatic rings. The van der Waals surface area contributed by atoms with Crippen molar-refractivity contribution >= 4 is 35.6 Å². The van der Waals surface area contributed by atoms with Gasteiger partial charge >= 0.3 is 0 Å². The smallest absolute Gasteiger partial charge is 0.257 e. The summed E-state index contributed by atoms with van der Waals surface area (Å²) in [5.41, 5.74) is 5.62. The molecule has 0 bridgehead atoms. The predicted octanol–water partition coefficient (Wildman–Crippen LogP) is 5.17. The van der Waals surface area contributed by atoms with Gasteiger partial charge in [-0.3, -0.25) is 14.6 Å². The molecule has 0 saturated carbocycles. The Morgan fingerprint density at radius 2 is 1.70 bits per heavy atom. The average Bonchev–Trinajstić information content (AvgIpc) is 3.64. The van der Waals surface area contributed by atoms with Crippen LogP contribution in [0.3, 0.4) is 0 Å². The van der Waals surface area contributed by atoms with Crippen LogP contribution in [0, 0.1) is 11.6 Å². The first-order valence-electron chi connectivity index (χ1n) is 14.0.